The fourth-order valence-electron chi connectivity index (χ4n) is 3.06. The quantitative estimate of drug-likeness (QED) is 0.820. The zero-order valence-corrected chi connectivity index (χ0v) is 16.3. The van der Waals surface area contributed by atoms with E-state index in [1.807, 2.05) is 6.92 Å². The molecule has 0 aromatic heterocycles. The number of carbonyl (C=O) groups excluding carboxylic acids is 1. The Morgan fingerprint density at radius 1 is 1.04 bits per heavy atom. The molecule has 0 aliphatic carbocycles. The Labute approximate surface area is 158 Å². The molecule has 0 bridgehead atoms. The Kier molecular flexibility index (Phi) is 5.27. The van der Waals surface area contributed by atoms with Crippen LogP contribution in [0.1, 0.15) is 18.4 Å². The molecular weight excluding hydrogens is 368 g/mol. The number of sulfonamides is 1. The Hall–Kier alpha value is -2.74. The number of benzene rings is 2. The van der Waals surface area contributed by atoms with Gasteiger partial charge in [-0.15, -0.1) is 0 Å². The first-order valence-electron chi connectivity index (χ1n) is 8.51. The summed E-state index contributed by atoms with van der Waals surface area (Å²) in [6, 6.07) is 9.56. The molecule has 0 atom stereocenters. The van der Waals surface area contributed by atoms with Crippen LogP contribution >= 0.6 is 0 Å². The van der Waals surface area contributed by atoms with Crippen molar-refractivity contribution in [3.63, 3.8) is 0 Å². The lowest BCUT2D eigenvalue weighted by Crippen LogP contribution is -2.24. The summed E-state index contributed by atoms with van der Waals surface area (Å²) in [6.07, 6.45) is 1.32. The summed E-state index contributed by atoms with van der Waals surface area (Å²) in [5.41, 5.74) is 2.04. The molecule has 1 N–H and O–H groups in total. The molecule has 2 aromatic rings. The highest BCUT2D eigenvalue weighted by molar-refractivity contribution is 7.92. The highest BCUT2D eigenvalue weighted by Gasteiger charge is 2.24. The fraction of sp³-hybridized carbons (Fsp3) is 0.316. The van der Waals surface area contributed by atoms with Crippen LogP contribution < -0.4 is 19.1 Å². The second-order valence-corrected chi connectivity index (χ2v) is 7.95. The summed E-state index contributed by atoms with van der Waals surface area (Å²) >= 11 is 0. The van der Waals surface area contributed by atoms with Crippen LogP contribution in [0.25, 0.3) is 0 Å². The normalized spacial score (nSPS) is 14.3. The number of nitrogens with zero attached hydrogens (tertiary/aromatic N) is 1. The Bertz CT molecular complexity index is 972. The van der Waals surface area contributed by atoms with E-state index in [0.29, 0.717) is 30.2 Å². The average Bonchev–Trinajstić information content (AvgIpc) is 3.08. The molecule has 1 aliphatic heterocycles. The number of hydrogen-bond acceptors (Lipinski definition) is 5. The number of nitrogens with one attached hydrogen (secondary N) is 1. The molecule has 1 aliphatic rings. The molecule has 1 saturated heterocycles. The smallest absolute Gasteiger partial charge is 0.262 e. The molecule has 0 spiro atoms. The highest BCUT2D eigenvalue weighted by atomic mass is 32.2. The lowest BCUT2D eigenvalue weighted by atomic mass is 10.1. The Morgan fingerprint density at radius 2 is 1.78 bits per heavy atom. The van der Waals surface area contributed by atoms with Crippen LogP contribution in [0.5, 0.6) is 11.5 Å². The van der Waals surface area contributed by atoms with Crippen LogP contribution in [0.2, 0.25) is 0 Å². The molecule has 27 heavy (non-hydrogen) atoms. The zero-order valence-electron chi connectivity index (χ0n) is 15.5. The highest BCUT2D eigenvalue weighted by Crippen LogP contribution is 2.32. The number of amides is 1. The maximum Gasteiger partial charge on any atom is 0.262 e. The summed E-state index contributed by atoms with van der Waals surface area (Å²) in [6.45, 7) is 2.54. The van der Waals surface area contributed by atoms with Crippen molar-refractivity contribution in [1.29, 1.82) is 0 Å². The molecule has 2 aromatic carbocycles. The first-order chi connectivity index (χ1) is 12.9. The number of ether oxygens (including phenoxy) is 2. The van der Waals surface area contributed by atoms with Crippen LogP contribution in [0.3, 0.4) is 0 Å². The number of methoxy groups -OCH3 is 2. The van der Waals surface area contributed by atoms with Gasteiger partial charge in [0.25, 0.3) is 10.0 Å². The lowest BCUT2D eigenvalue weighted by molar-refractivity contribution is -0.117. The molecule has 0 radical (unpaired) electrons. The van der Waals surface area contributed by atoms with Gasteiger partial charge in [-0.3, -0.25) is 9.52 Å². The van der Waals surface area contributed by atoms with E-state index in [4.69, 9.17) is 9.47 Å². The van der Waals surface area contributed by atoms with E-state index in [9.17, 15) is 13.2 Å². The van der Waals surface area contributed by atoms with Gasteiger partial charge < -0.3 is 14.4 Å². The van der Waals surface area contributed by atoms with Crippen LogP contribution in [-0.4, -0.2) is 35.1 Å². The van der Waals surface area contributed by atoms with E-state index in [1.165, 1.54) is 32.4 Å². The monoisotopic (exact) mass is 390 g/mol. The summed E-state index contributed by atoms with van der Waals surface area (Å²) in [5.74, 6) is 0.826. The molecule has 3 rings (SSSR count). The van der Waals surface area contributed by atoms with Gasteiger partial charge in [0.05, 0.1) is 24.8 Å². The minimum absolute atomic E-state index is 0.0537. The van der Waals surface area contributed by atoms with Crippen molar-refractivity contribution >= 4 is 27.3 Å². The van der Waals surface area contributed by atoms with E-state index in [0.717, 1.165) is 17.7 Å². The third-order valence-electron chi connectivity index (χ3n) is 4.49. The molecule has 1 amide bonds. The van der Waals surface area contributed by atoms with Crippen LogP contribution in [-0.2, 0) is 14.8 Å². The SMILES string of the molecule is COc1ccc(S(=O)(=O)Nc2ccc(C)c(N3CCCC3=O)c2)cc1OC. The van der Waals surface area contributed by atoms with Gasteiger partial charge in [0.1, 0.15) is 0 Å². The average molecular weight is 390 g/mol. The van der Waals surface area contributed by atoms with Gasteiger partial charge in [-0.1, -0.05) is 6.07 Å². The second kappa shape index (κ2) is 7.48. The second-order valence-electron chi connectivity index (χ2n) is 6.27. The van der Waals surface area contributed by atoms with Crippen molar-refractivity contribution in [2.45, 2.75) is 24.7 Å². The number of anilines is 2. The van der Waals surface area contributed by atoms with Gasteiger partial charge in [0.2, 0.25) is 5.91 Å². The Morgan fingerprint density at radius 3 is 2.41 bits per heavy atom. The van der Waals surface area contributed by atoms with E-state index in [1.54, 1.807) is 23.1 Å². The zero-order chi connectivity index (χ0) is 19.6. The molecule has 144 valence electrons. The molecule has 1 fully saturated rings. The molecule has 8 heteroatoms. The van der Waals surface area contributed by atoms with E-state index < -0.39 is 10.0 Å². The standard InChI is InChI=1S/C19H22N2O5S/c1-13-6-7-14(11-16(13)21-10-4-5-19(21)22)20-27(23,24)15-8-9-17(25-2)18(12-15)26-3/h6-9,11-12,20H,4-5,10H2,1-3H3. The summed E-state index contributed by atoms with van der Waals surface area (Å²) in [7, 11) is -0.897. The largest absolute Gasteiger partial charge is 0.493 e. The van der Waals surface area contributed by atoms with Crippen LogP contribution in [0.4, 0.5) is 11.4 Å². The fourth-order valence-corrected chi connectivity index (χ4v) is 4.13. The van der Waals surface area contributed by atoms with Crippen molar-refractivity contribution < 1.29 is 22.7 Å². The maximum absolute atomic E-state index is 12.8. The third-order valence-corrected chi connectivity index (χ3v) is 5.87. The first kappa shape index (κ1) is 19.0. The number of aryl methyl sites for hydroxylation is 1. The van der Waals surface area contributed by atoms with Crippen molar-refractivity contribution in [2.75, 3.05) is 30.4 Å². The Balaban J connectivity index is 1.91. The number of carbonyl (C=O) groups is 1. The van der Waals surface area contributed by atoms with Gasteiger partial charge in [-0.2, -0.15) is 0 Å². The number of rotatable bonds is 6. The van der Waals surface area contributed by atoms with Gasteiger partial charge in [0.15, 0.2) is 11.5 Å². The summed E-state index contributed by atoms with van der Waals surface area (Å²) < 4.78 is 38.4. The summed E-state index contributed by atoms with van der Waals surface area (Å²) in [5, 5.41) is 0. The van der Waals surface area contributed by atoms with Gasteiger partial charge in [-0.25, -0.2) is 8.42 Å². The van der Waals surface area contributed by atoms with Crippen molar-refractivity contribution in [2.24, 2.45) is 0 Å². The van der Waals surface area contributed by atoms with Crippen molar-refractivity contribution in [1.82, 2.24) is 0 Å². The minimum Gasteiger partial charge on any atom is -0.493 e. The predicted octanol–water partition coefficient (Wildman–Crippen LogP) is 2.94. The van der Waals surface area contributed by atoms with E-state index in [-0.39, 0.29) is 10.8 Å². The third kappa shape index (κ3) is 3.85. The molecule has 7 nitrogen and oxygen atoms in total. The molecule has 1 heterocycles. The lowest BCUT2D eigenvalue weighted by Gasteiger charge is -2.20. The molecular formula is C19H22N2O5S. The minimum atomic E-state index is -3.83. The maximum atomic E-state index is 12.8. The molecule has 0 unspecified atom stereocenters. The van der Waals surface area contributed by atoms with Crippen molar-refractivity contribution in [3.8, 4) is 11.5 Å². The van der Waals surface area contributed by atoms with E-state index in [2.05, 4.69) is 4.72 Å². The van der Waals surface area contributed by atoms with Gasteiger partial charge >= 0.3 is 0 Å². The topological polar surface area (TPSA) is 84.9 Å². The van der Waals surface area contributed by atoms with Gasteiger partial charge in [-0.05, 0) is 43.2 Å². The van der Waals surface area contributed by atoms with Crippen LogP contribution in [0, 0.1) is 6.92 Å². The van der Waals surface area contributed by atoms with Crippen LogP contribution in [0.15, 0.2) is 41.3 Å². The van der Waals surface area contributed by atoms with Gasteiger partial charge in [0, 0.05) is 24.7 Å². The summed E-state index contributed by atoms with van der Waals surface area (Å²) in [4.78, 5) is 13.8. The molecule has 0 saturated carbocycles. The van der Waals surface area contributed by atoms with Crippen molar-refractivity contribution in [3.05, 3.63) is 42.0 Å². The van der Waals surface area contributed by atoms with E-state index >= 15 is 0 Å². The first-order valence-corrected chi connectivity index (χ1v) is 10.00. The predicted molar refractivity (Wildman–Crippen MR) is 103 cm³/mol. The number of hydrogen-bond donors (Lipinski definition) is 1.